The Morgan fingerprint density at radius 1 is 1.42 bits per heavy atom. The largest absolute Gasteiger partial charge is 0.491 e. The van der Waals surface area contributed by atoms with Gasteiger partial charge in [-0.25, -0.2) is 4.79 Å². The molecule has 134 valence electrons. The van der Waals surface area contributed by atoms with E-state index in [1.165, 1.54) is 5.56 Å². The van der Waals surface area contributed by atoms with Crippen molar-refractivity contribution in [3.8, 4) is 5.75 Å². The van der Waals surface area contributed by atoms with E-state index in [1.54, 1.807) is 0 Å². The average molecular weight is 333 g/mol. The van der Waals surface area contributed by atoms with Gasteiger partial charge in [0.05, 0.1) is 6.04 Å². The fraction of sp³-hybridized carbons (Fsp3) is 0.632. The molecule has 1 aliphatic heterocycles. The van der Waals surface area contributed by atoms with Crippen LogP contribution in [0.3, 0.4) is 0 Å². The van der Waals surface area contributed by atoms with Crippen molar-refractivity contribution in [1.82, 2.24) is 15.1 Å². The van der Waals surface area contributed by atoms with E-state index < -0.39 is 0 Å². The Balaban J connectivity index is 1.79. The zero-order chi connectivity index (χ0) is 17.7. The van der Waals surface area contributed by atoms with Gasteiger partial charge in [0.1, 0.15) is 12.4 Å². The van der Waals surface area contributed by atoms with E-state index in [4.69, 9.17) is 4.74 Å². The van der Waals surface area contributed by atoms with Crippen LogP contribution in [0.1, 0.15) is 25.8 Å². The van der Waals surface area contributed by atoms with E-state index in [2.05, 4.69) is 24.2 Å². The molecule has 0 spiro atoms. The zero-order valence-corrected chi connectivity index (χ0v) is 15.6. The van der Waals surface area contributed by atoms with Crippen LogP contribution in [-0.2, 0) is 0 Å². The van der Waals surface area contributed by atoms with E-state index in [-0.39, 0.29) is 12.1 Å². The average Bonchev–Trinajstić information content (AvgIpc) is 2.53. The van der Waals surface area contributed by atoms with Crippen LogP contribution in [0.15, 0.2) is 24.3 Å². The summed E-state index contributed by atoms with van der Waals surface area (Å²) in [4.78, 5) is 16.7. The quantitative estimate of drug-likeness (QED) is 0.901. The van der Waals surface area contributed by atoms with Crippen LogP contribution in [0.5, 0.6) is 5.75 Å². The lowest BCUT2D eigenvalue weighted by molar-refractivity contribution is 0.105. The minimum absolute atomic E-state index is 0.0172. The van der Waals surface area contributed by atoms with Crippen LogP contribution in [-0.4, -0.2) is 61.7 Å². The topological polar surface area (TPSA) is 44.8 Å². The van der Waals surface area contributed by atoms with Gasteiger partial charge in [-0.3, -0.25) is 0 Å². The maximum absolute atomic E-state index is 12.5. The molecule has 0 saturated carbocycles. The molecule has 1 aromatic rings. The first kappa shape index (κ1) is 18.6. The number of aryl methyl sites for hydroxylation is 1. The second-order valence-corrected chi connectivity index (χ2v) is 7.18. The van der Waals surface area contributed by atoms with Crippen molar-refractivity contribution in [2.75, 3.05) is 33.8 Å². The van der Waals surface area contributed by atoms with E-state index in [0.717, 1.165) is 25.3 Å². The van der Waals surface area contributed by atoms with Gasteiger partial charge in [-0.2, -0.15) is 0 Å². The molecule has 1 saturated heterocycles. The third kappa shape index (κ3) is 5.13. The van der Waals surface area contributed by atoms with Crippen molar-refractivity contribution < 1.29 is 9.53 Å². The molecule has 0 unspecified atom stereocenters. The molecule has 1 N–H and O–H groups in total. The molecule has 1 fully saturated rings. The number of likely N-dealkylation sites (tertiary alicyclic amines) is 1. The van der Waals surface area contributed by atoms with Crippen LogP contribution >= 0.6 is 0 Å². The number of hydrogen-bond acceptors (Lipinski definition) is 3. The summed E-state index contributed by atoms with van der Waals surface area (Å²) < 4.78 is 5.74. The Labute approximate surface area is 146 Å². The monoisotopic (exact) mass is 333 g/mol. The van der Waals surface area contributed by atoms with Crippen LogP contribution in [0.2, 0.25) is 0 Å². The number of benzene rings is 1. The number of piperidine rings is 1. The fourth-order valence-corrected chi connectivity index (χ4v) is 3.28. The predicted octanol–water partition coefficient (Wildman–Crippen LogP) is 2.74. The highest BCUT2D eigenvalue weighted by molar-refractivity contribution is 5.74. The molecule has 0 aliphatic carbocycles. The summed E-state index contributed by atoms with van der Waals surface area (Å²) in [6.45, 7) is 8.78. The summed E-state index contributed by atoms with van der Waals surface area (Å²) in [6.07, 6.45) is 1.02. The molecule has 2 amide bonds. The first-order valence-electron chi connectivity index (χ1n) is 8.78. The van der Waals surface area contributed by atoms with Crippen molar-refractivity contribution in [1.29, 1.82) is 0 Å². The molecular weight excluding hydrogens is 302 g/mol. The summed E-state index contributed by atoms with van der Waals surface area (Å²) in [5.41, 5.74) is 1.21. The van der Waals surface area contributed by atoms with Crippen molar-refractivity contribution >= 4 is 6.03 Å². The Bertz CT molecular complexity index is 532. The molecule has 3 atom stereocenters. The van der Waals surface area contributed by atoms with Gasteiger partial charge in [-0.15, -0.1) is 0 Å². The number of urea groups is 1. The normalized spacial score (nSPS) is 22.7. The molecule has 1 aromatic carbocycles. The molecule has 0 bridgehead atoms. The molecular formula is C19H31N3O2. The van der Waals surface area contributed by atoms with Crippen molar-refractivity contribution in [2.45, 2.75) is 39.3 Å². The number of amides is 2. The zero-order valence-electron chi connectivity index (χ0n) is 15.6. The number of hydrogen-bond donors (Lipinski definition) is 1. The highest BCUT2D eigenvalue weighted by Crippen LogP contribution is 2.20. The first-order chi connectivity index (χ1) is 11.4. The van der Waals surface area contributed by atoms with Crippen molar-refractivity contribution in [3.05, 3.63) is 29.8 Å². The number of carbonyl (C=O) groups excluding carboxylic acids is 1. The van der Waals surface area contributed by atoms with Gasteiger partial charge in [0.2, 0.25) is 0 Å². The molecule has 2 rings (SSSR count). The van der Waals surface area contributed by atoms with E-state index >= 15 is 0 Å². The maximum Gasteiger partial charge on any atom is 0.317 e. The summed E-state index contributed by atoms with van der Waals surface area (Å²) in [6, 6.07) is 8.19. The van der Waals surface area contributed by atoms with Gasteiger partial charge in [0.15, 0.2) is 0 Å². The molecule has 1 heterocycles. The van der Waals surface area contributed by atoms with Crippen LogP contribution in [0, 0.1) is 12.8 Å². The minimum Gasteiger partial charge on any atom is -0.491 e. The number of ether oxygens (including phenoxy) is 1. The Hall–Kier alpha value is -1.75. The lowest BCUT2D eigenvalue weighted by Gasteiger charge is -2.40. The second-order valence-electron chi connectivity index (χ2n) is 7.18. The number of rotatable bonds is 5. The van der Waals surface area contributed by atoms with Crippen LogP contribution < -0.4 is 10.1 Å². The highest BCUT2D eigenvalue weighted by atomic mass is 16.5. The van der Waals surface area contributed by atoms with Gasteiger partial charge in [0.25, 0.3) is 0 Å². The van der Waals surface area contributed by atoms with E-state index in [9.17, 15) is 4.79 Å². The maximum atomic E-state index is 12.5. The molecule has 24 heavy (non-hydrogen) atoms. The van der Waals surface area contributed by atoms with Gasteiger partial charge in [0, 0.05) is 19.6 Å². The predicted molar refractivity (Wildman–Crippen MR) is 97.5 cm³/mol. The van der Waals surface area contributed by atoms with E-state index in [0.29, 0.717) is 18.6 Å². The fourth-order valence-electron chi connectivity index (χ4n) is 3.28. The van der Waals surface area contributed by atoms with Crippen LogP contribution in [0.4, 0.5) is 4.79 Å². The van der Waals surface area contributed by atoms with Crippen LogP contribution in [0.25, 0.3) is 0 Å². The first-order valence-corrected chi connectivity index (χ1v) is 8.78. The van der Waals surface area contributed by atoms with E-state index in [1.807, 2.05) is 50.1 Å². The lowest BCUT2D eigenvalue weighted by Crippen LogP contribution is -2.54. The Morgan fingerprint density at radius 2 is 2.08 bits per heavy atom. The van der Waals surface area contributed by atoms with Gasteiger partial charge in [-0.05, 0) is 51.9 Å². The Kier molecular flexibility index (Phi) is 6.49. The van der Waals surface area contributed by atoms with Gasteiger partial charge >= 0.3 is 6.03 Å². The number of nitrogens with zero attached hydrogens (tertiary/aromatic N) is 2. The molecule has 5 nitrogen and oxygen atoms in total. The van der Waals surface area contributed by atoms with Crippen molar-refractivity contribution in [2.24, 2.45) is 5.92 Å². The summed E-state index contributed by atoms with van der Waals surface area (Å²) in [5.74, 6) is 1.32. The smallest absolute Gasteiger partial charge is 0.317 e. The molecule has 5 heteroatoms. The number of nitrogens with one attached hydrogen (secondary N) is 1. The molecule has 1 aliphatic rings. The summed E-state index contributed by atoms with van der Waals surface area (Å²) in [7, 11) is 4.03. The lowest BCUT2D eigenvalue weighted by atomic mass is 9.93. The minimum atomic E-state index is -0.0391. The number of carbonyl (C=O) groups is 1. The highest BCUT2D eigenvalue weighted by Gasteiger charge is 2.30. The van der Waals surface area contributed by atoms with Crippen molar-refractivity contribution in [3.63, 3.8) is 0 Å². The second kappa shape index (κ2) is 8.38. The van der Waals surface area contributed by atoms with Gasteiger partial charge in [-0.1, -0.05) is 24.6 Å². The van der Waals surface area contributed by atoms with Gasteiger partial charge < -0.3 is 19.9 Å². The molecule has 0 radical (unpaired) electrons. The molecule has 0 aromatic heterocycles. The summed E-state index contributed by atoms with van der Waals surface area (Å²) in [5, 5.41) is 3.04. The SMILES string of the molecule is Cc1ccc(OC[C@H](C)NC(=O)N(C)[C@H]2CCN(C)C[C@@H]2C)cc1. The third-order valence-electron chi connectivity index (χ3n) is 4.77. The summed E-state index contributed by atoms with van der Waals surface area (Å²) >= 11 is 0. The third-order valence-corrected chi connectivity index (χ3v) is 4.77. The Morgan fingerprint density at radius 3 is 2.71 bits per heavy atom. The standard InChI is InChI=1S/C19H31N3O2/c1-14-6-8-17(9-7-14)24-13-16(3)20-19(23)22(5)18-10-11-21(4)12-15(18)2/h6-9,15-16,18H,10-13H2,1-5H3,(H,20,23)/t15-,16-,18-/m0/s1.